The Balaban J connectivity index is 2.81. The highest BCUT2D eigenvalue weighted by molar-refractivity contribution is 6.06. The molecule has 0 saturated heterocycles. The van der Waals surface area contributed by atoms with Crippen LogP contribution in [-0.2, 0) is 9.53 Å². The second-order valence-corrected chi connectivity index (χ2v) is 3.28. The fraction of sp³-hybridized carbons (Fsp3) is 0.333. The van der Waals surface area contributed by atoms with Gasteiger partial charge in [0.25, 0.3) is 0 Å². The minimum Gasteiger partial charge on any atom is -0.497 e. The summed E-state index contributed by atoms with van der Waals surface area (Å²) in [5.41, 5.74) is 0.0925. The zero-order valence-corrected chi connectivity index (χ0v) is 9.66. The van der Waals surface area contributed by atoms with Crippen LogP contribution in [0, 0.1) is 5.82 Å². The molecule has 0 aliphatic rings. The van der Waals surface area contributed by atoms with E-state index in [0.29, 0.717) is 0 Å². The van der Waals surface area contributed by atoms with E-state index in [4.69, 9.17) is 4.74 Å². The molecule has 0 bridgehead atoms. The molecule has 1 aromatic rings. The molecule has 0 radical (unpaired) electrons. The fourth-order valence-electron chi connectivity index (χ4n) is 1.29. The molecule has 0 fully saturated rings. The summed E-state index contributed by atoms with van der Waals surface area (Å²) in [5, 5.41) is 0. The molecule has 0 spiro atoms. The zero-order chi connectivity index (χ0) is 12.8. The highest BCUT2D eigenvalue weighted by Crippen LogP contribution is 2.17. The third-order valence-electron chi connectivity index (χ3n) is 2.04. The van der Waals surface area contributed by atoms with Gasteiger partial charge in [-0.05, 0) is 19.1 Å². The van der Waals surface area contributed by atoms with Gasteiger partial charge in [0.05, 0.1) is 13.7 Å². The smallest absolute Gasteiger partial charge is 0.313 e. The Morgan fingerprint density at radius 3 is 2.59 bits per heavy atom. The Bertz CT molecular complexity index is 429. The van der Waals surface area contributed by atoms with Crippen LogP contribution < -0.4 is 4.74 Å². The number of ether oxygens (including phenoxy) is 2. The normalized spacial score (nSPS) is 9.82. The third kappa shape index (κ3) is 3.86. The number of esters is 1. The summed E-state index contributed by atoms with van der Waals surface area (Å²) in [6, 6.07) is 3.59. The maximum Gasteiger partial charge on any atom is 0.313 e. The summed E-state index contributed by atoms with van der Waals surface area (Å²) in [6.07, 6.45) is -0.402. The molecule has 92 valence electrons. The molecule has 0 aliphatic heterocycles. The van der Waals surface area contributed by atoms with Crippen molar-refractivity contribution in [2.24, 2.45) is 0 Å². The highest BCUT2D eigenvalue weighted by atomic mass is 19.1. The average Bonchev–Trinajstić information content (AvgIpc) is 2.28. The minimum absolute atomic E-state index is 0.0925. The summed E-state index contributed by atoms with van der Waals surface area (Å²) in [4.78, 5) is 22.7. The van der Waals surface area contributed by atoms with Crippen molar-refractivity contribution in [2.75, 3.05) is 13.7 Å². The number of methoxy groups -OCH3 is 1. The van der Waals surface area contributed by atoms with Crippen molar-refractivity contribution in [2.45, 2.75) is 13.3 Å². The van der Waals surface area contributed by atoms with Crippen LogP contribution in [0.3, 0.4) is 0 Å². The van der Waals surface area contributed by atoms with E-state index < -0.39 is 24.0 Å². The Kier molecular flexibility index (Phi) is 4.63. The van der Waals surface area contributed by atoms with Crippen molar-refractivity contribution in [1.29, 1.82) is 0 Å². The highest BCUT2D eigenvalue weighted by Gasteiger charge is 2.14. The van der Waals surface area contributed by atoms with Gasteiger partial charge in [-0.15, -0.1) is 0 Å². The molecule has 4 nitrogen and oxygen atoms in total. The van der Waals surface area contributed by atoms with Crippen LogP contribution in [0.2, 0.25) is 0 Å². The number of carbonyl (C=O) groups is 2. The molecule has 1 aromatic carbocycles. The van der Waals surface area contributed by atoms with Crippen LogP contribution in [0.15, 0.2) is 18.2 Å². The van der Waals surface area contributed by atoms with Crippen LogP contribution in [0.5, 0.6) is 5.75 Å². The number of carbonyl (C=O) groups excluding carboxylic acids is 2. The van der Waals surface area contributed by atoms with Gasteiger partial charge in [0, 0.05) is 11.6 Å². The van der Waals surface area contributed by atoms with Crippen molar-refractivity contribution in [3.05, 3.63) is 29.6 Å². The van der Waals surface area contributed by atoms with Gasteiger partial charge in [0.15, 0.2) is 5.78 Å². The predicted octanol–water partition coefficient (Wildman–Crippen LogP) is 1.97. The van der Waals surface area contributed by atoms with Crippen molar-refractivity contribution in [3.8, 4) is 5.75 Å². The molecule has 0 atom stereocenters. The maximum atomic E-state index is 13.1. The molecule has 17 heavy (non-hydrogen) atoms. The monoisotopic (exact) mass is 240 g/mol. The zero-order valence-electron chi connectivity index (χ0n) is 9.66. The molecule has 0 heterocycles. The first-order chi connectivity index (χ1) is 8.06. The van der Waals surface area contributed by atoms with E-state index in [2.05, 4.69) is 4.74 Å². The molecular formula is C12H13FO4. The van der Waals surface area contributed by atoms with Gasteiger partial charge in [-0.3, -0.25) is 9.59 Å². The van der Waals surface area contributed by atoms with Crippen LogP contribution in [0.4, 0.5) is 4.39 Å². The lowest BCUT2D eigenvalue weighted by Gasteiger charge is -2.04. The Labute approximate surface area is 98.3 Å². The summed E-state index contributed by atoms with van der Waals surface area (Å²) >= 11 is 0. The molecule has 1 rings (SSSR count). The minimum atomic E-state index is -0.624. The molecule has 0 aromatic heterocycles. The molecular weight excluding hydrogens is 227 g/mol. The van der Waals surface area contributed by atoms with Crippen molar-refractivity contribution < 1.29 is 23.5 Å². The van der Waals surface area contributed by atoms with E-state index in [0.717, 1.165) is 12.1 Å². The second-order valence-electron chi connectivity index (χ2n) is 3.28. The summed E-state index contributed by atoms with van der Waals surface area (Å²) < 4.78 is 22.6. The van der Waals surface area contributed by atoms with Crippen molar-refractivity contribution in [1.82, 2.24) is 0 Å². The van der Waals surface area contributed by atoms with Gasteiger partial charge >= 0.3 is 5.97 Å². The van der Waals surface area contributed by atoms with Crippen LogP contribution in [0.1, 0.15) is 23.7 Å². The lowest BCUT2D eigenvalue weighted by Crippen LogP contribution is -2.11. The average molecular weight is 240 g/mol. The quantitative estimate of drug-likeness (QED) is 0.448. The largest absolute Gasteiger partial charge is 0.497 e. The third-order valence-corrected chi connectivity index (χ3v) is 2.04. The molecule has 0 N–H and O–H groups in total. The number of hydrogen-bond donors (Lipinski definition) is 0. The number of halogens is 1. The van der Waals surface area contributed by atoms with Gasteiger partial charge in [-0.2, -0.15) is 0 Å². The second kappa shape index (κ2) is 5.98. The van der Waals surface area contributed by atoms with Crippen molar-refractivity contribution in [3.63, 3.8) is 0 Å². The molecule has 0 saturated carbocycles. The van der Waals surface area contributed by atoms with E-state index in [1.165, 1.54) is 13.2 Å². The maximum absolute atomic E-state index is 13.1. The first-order valence-electron chi connectivity index (χ1n) is 5.10. The molecule has 5 heteroatoms. The summed E-state index contributed by atoms with van der Waals surface area (Å²) in [7, 11) is 1.37. The number of ketones is 1. The number of benzene rings is 1. The molecule has 0 aliphatic carbocycles. The Hall–Kier alpha value is -1.91. The van der Waals surface area contributed by atoms with Gasteiger partial charge in [-0.1, -0.05) is 0 Å². The number of rotatable bonds is 5. The topological polar surface area (TPSA) is 52.6 Å². The Morgan fingerprint density at radius 2 is 2.00 bits per heavy atom. The van der Waals surface area contributed by atoms with Gasteiger partial charge < -0.3 is 9.47 Å². The summed E-state index contributed by atoms with van der Waals surface area (Å²) in [6.45, 7) is 1.85. The van der Waals surface area contributed by atoms with Gasteiger partial charge in [0.2, 0.25) is 0 Å². The summed E-state index contributed by atoms with van der Waals surface area (Å²) in [5.74, 6) is -1.48. The Morgan fingerprint density at radius 1 is 1.29 bits per heavy atom. The van der Waals surface area contributed by atoms with Crippen LogP contribution >= 0.6 is 0 Å². The van der Waals surface area contributed by atoms with E-state index in [1.54, 1.807) is 6.92 Å². The lowest BCUT2D eigenvalue weighted by molar-refractivity contribution is -0.141. The van der Waals surface area contributed by atoms with Crippen LogP contribution in [-0.4, -0.2) is 25.5 Å². The van der Waals surface area contributed by atoms with Crippen molar-refractivity contribution >= 4 is 11.8 Å². The SMILES string of the molecule is CCOC(=O)CC(=O)c1cc(F)cc(OC)c1. The van der Waals surface area contributed by atoms with E-state index in [9.17, 15) is 14.0 Å². The van der Waals surface area contributed by atoms with E-state index >= 15 is 0 Å². The van der Waals surface area contributed by atoms with E-state index in [-0.39, 0.29) is 17.9 Å². The lowest BCUT2D eigenvalue weighted by atomic mass is 10.1. The number of hydrogen-bond acceptors (Lipinski definition) is 4. The first kappa shape index (κ1) is 13.2. The van der Waals surface area contributed by atoms with Gasteiger partial charge in [0.1, 0.15) is 18.0 Å². The van der Waals surface area contributed by atoms with Gasteiger partial charge in [-0.25, -0.2) is 4.39 Å². The molecule has 0 amide bonds. The standard InChI is InChI=1S/C12H13FO4/c1-3-17-12(15)7-11(14)8-4-9(13)6-10(5-8)16-2/h4-6H,3,7H2,1-2H3. The van der Waals surface area contributed by atoms with Crippen LogP contribution in [0.25, 0.3) is 0 Å². The fourth-order valence-corrected chi connectivity index (χ4v) is 1.29. The number of Topliss-reactive ketones (excluding diaryl/α,β-unsaturated/α-hetero) is 1. The predicted molar refractivity (Wildman–Crippen MR) is 58.5 cm³/mol. The molecule has 0 unspecified atom stereocenters. The van der Waals surface area contributed by atoms with E-state index in [1.807, 2.05) is 0 Å². The first-order valence-corrected chi connectivity index (χ1v) is 5.10.